The van der Waals surface area contributed by atoms with Crippen molar-refractivity contribution in [2.24, 2.45) is 0 Å². The molecule has 3 heteroatoms. The summed E-state index contributed by atoms with van der Waals surface area (Å²) in [7, 11) is 0. The Hall–Kier alpha value is -0.380. The maximum absolute atomic E-state index is 5.71. The lowest BCUT2D eigenvalue weighted by Gasteiger charge is -2.15. The predicted molar refractivity (Wildman–Crippen MR) is 41.6 cm³/mol. The third kappa shape index (κ3) is 0.873. The highest BCUT2D eigenvalue weighted by molar-refractivity contribution is 5.18. The Bertz CT molecular complexity index is 246. The maximum Gasteiger partial charge on any atom is 0.164 e. The Labute approximate surface area is 71.3 Å². The number of rotatable bonds is 0. The predicted octanol–water partition coefficient (Wildman–Crippen LogP) is 0.844. The minimum atomic E-state index is -0.444. The number of ether oxygens (including phenoxy) is 3. The summed E-state index contributed by atoms with van der Waals surface area (Å²) in [5.74, 6) is -0.444. The largest absolute Gasteiger partial charge is 0.362 e. The second kappa shape index (κ2) is 1.92. The summed E-state index contributed by atoms with van der Waals surface area (Å²) in [5, 5.41) is 0. The van der Waals surface area contributed by atoms with E-state index in [4.69, 9.17) is 14.2 Å². The Balaban J connectivity index is 1.88. The minimum Gasteiger partial charge on any atom is -0.362 e. The number of hydrogen-bond donors (Lipinski definition) is 0. The van der Waals surface area contributed by atoms with Crippen LogP contribution in [0.15, 0.2) is 12.2 Å². The molecule has 0 spiro atoms. The molecule has 66 valence electrons. The molecule has 2 aliphatic heterocycles. The van der Waals surface area contributed by atoms with Crippen molar-refractivity contribution in [3.63, 3.8) is 0 Å². The monoisotopic (exact) mass is 168 g/mol. The smallest absolute Gasteiger partial charge is 0.164 e. The van der Waals surface area contributed by atoms with Crippen molar-refractivity contribution in [1.29, 1.82) is 0 Å². The van der Waals surface area contributed by atoms with E-state index in [-0.39, 0.29) is 18.3 Å². The van der Waals surface area contributed by atoms with E-state index in [1.165, 1.54) is 0 Å². The van der Waals surface area contributed by atoms with Gasteiger partial charge in [0.15, 0.2) is 5.79 Å². The molecular formula is C9H12O3. The molecule has 0 unspecified atom stereocenters. The Morgan fingerprint density at radius 1 is 1.00 bits per heavy atom. The van der Waals surface area contributed by atoms with Gasteiger partial charge in [-0.1, -0.05) is 12.2 Å². The molecule has 0 aromatic heterocycles. The van der Waals surface area contributed by atoms with Crippen LogP contribution >= 0.6 is 0 Å². The van der Waals surface area contributed by atoms with Gasteiger partial charge in [0.25, 0.3) is 0 Å². The SMILES string of the molecule is CC1(C)O[C@@H]2[C@H]3O[C@H]3C=C[C@@H]2O1. The van der Waals surface area contributed by atoms with Crippen LogP contribution in [0.5, 0.6) is 0 Å². The molecule has 0 bridgehead atoms. The first-order chi connectivity index (χ1) is 5.66. The summed E-state index contributed by atoms with van der Waals surface area (Å²) >= 11 is 0. The summed E-state index contributed by atoms with van der Waals surface area (Å²) in [5.41, 5.74) is 0. The van der Waals surface area contributed by atoms with Gasteiger partial charge in [0.05, 0.1) is 0 Å². The molecule has 1 aliphatic carbocycles. The van der Waals surface area contributed by atoms with E-state index in [1.54, 1.807) is 0 Å². The molecule has 3 rings (SSSR count). The van der Waals surface area contributed by atoms with Crippen LogP contribution in [0, 0.1) is 0 Å². The third-order valence-electron chi connectivity index (χ3n) is 2.54. The molecule has 4 atom stereocenters. The van der Waals surface area contributed by atoms with Crippen molar-refractivity contribution in [1.82, 2.24) is 0 Å². The van der Waals surface area contributed by atoms with Crippen LogP contribution in [0.3, 0.4) is 0 Å². The van der Waals surface area contributed by atoms with Gasteiger partial charge in [0.2, 0.25) is 0 Å². The average Bonchev–Trinajstić information content (AvgIpc) is 2.67. The van der Waals surface area contributed by atoms with E-state index in [2.05, 4.69) is 6.08 Å². The fraction of sp³-hybridized carbons (Fsp3) is 0.778. The second-order valence-corrected chi connectivity index (χ2v) is 4.01. The van der Waals surface area contributed by atoms with Gasteiger partial charge in [-0.25, -0.2) is 0 Å². The summed E-state index contributed by atoms with van der Waals surface area (Å²) in [6, 6.07) is 0. The maximum atomic E-state index is 5.71. The Kier molecular flexibility index (Phi) is 1.13. The molecule has 2 fully saturated rings. The zero-order valence-corrected chi connectivity index (χ0v) is 7.19. The van der Waals surface area contributed by atoms with Gasteiger partial charge in [0.1, 0.15) is 24.4 Å². The van der Waals surface area contributed by atoms with Gasteiger partial charge in [0, 0.05) is 0 Å². The first kappa shape index (κ1) is 7.06. The fourth-order valence-electron chi connectivity index (χ4n) is 1.99. The topological polar surface area (TPSA) is 31.0 Å². The molecule has 3 aliphatic rings. The van der Waals surface area contributed by atoms with E-state index in [9.17, 15) is 0 Å². The zero-order chi connectivity index (χ0) is 8.34. The average molecular weight is 168 g/mol. The molecule has 0 saturated carbocycles. The molecule has 3 nitrogen and oxygen atoms in total. The van der Waals surface area contributed by atoms with Gasteiger partial charge < -0.3 is 14.2 Å². The van der Waals surface area contributed by atoms with E-state index in [0.29, 0.717) is 6.10 Å². The number of epoxide rings is 1. The molecule has 0 N–H and O–H groups in total. The Morgan fingerprint density at radius 3 is 2.58 bits per heavy atom. The summed E-state index contributed by atoms with van der Waals surface area (Å²) in [4.78, 5) is 0. The van der Waals surface area contributed by atoms with Crippen LogP contribution in [-0.4, -0.2) is 30.2 Å². The quantitative estimate of drug-likeness (QED) is 0.397. The molecule has 0 radical (unpaired) electrons. The normalized spacial score (nSPS) is 53.2. The molecule has 2 saturated heterocycles. The second-order valence-electron chi connectivity index (χ2n) is 4.01. The third-order valence-corrected chi connectivity index (χ3v) is 2.54. The lowest BCUT2D eigenvalue weighted by atomic mass is 10.0. The van der Waals surface area contributed by atoms with E-state index in [1.807, 2.05) is 19.9 Å². The summed E-state index contributed by atoms with van der Waals surface area (Å²) in [6.45, 7) is 3.88. The summed E-state index contributed by atoms with van der Waals surface area (Å²) < 4.78 is 16.8. The number of hydrogen-bond acceptors (Lipinski definition) is 3. The van der Waals surface area contributed by atoms with Crippen LogP contribution in [0.4, 0.5) is 0 Å². The van der Waals surface area contributed by atoms with Gasteiger partial charge in [-0.05, 0) is 13.8 Å². The van der Waals surface area contributed by atoms with Crippen molar-refractivity contribution in [2.75, 3.05) is 0 Å². The molecule has 0 aromatic rings. The van der Waals surface area contributed by atoms with E-state index < -0.39 is 5.79 Å². The first-order valence-corrected chi connectivity index (χ1v) is 4.35. The summed E-state index contributed by atoms with van der Waals surface area (Å²) in [6.07, 6.45) is 4.88. The van der Waals surface area contributed by atoms with Gasteiger partial charge in [-0.2, -0.15) is 0 Å². The van der Waals surface area contributed by atoms with Gasteiger partial charge in [-0.3, -0.25) is 0 Å². The molecule has 0 aromatic carbocycles. The van der Waals surface area contributed by atoms with Crippen molar-refractivity contribution in [3.05, 3.63) is 12.2 Å². The number of fused-ring (bicyclic) bond motifs is 3. The molecule has 0 amide bonds. The minimum absolute atomic E-state index is 0.101. The molecule has 12 heavy (non-hydrogen) atoms. The van der Waals surface area contributed by atoms with E-state index in [0.717, 1.165) is 0 Å². The van der Waals surface area contributed by atoms with Crippen LogP contribution in [-0.2, 0) is 14.2 Å². The lowest BCUT2D eigenvalue weighted by molar-refractivity contribution is -0.144. The van der Waals surface area contributed by atoms with Gasteiger partial charge in [-0.15, -0.1) is 0 Å². The molecular weight excluding hydrogens is 156 g/mol. The fourth-order valence-corrected chi connectivity index (χ4v) is 1.99. The first-order valence-electron chi connectivity index (χ1n) is 4.35. The highest BCUT2D eigenvalue weighted by Gasteiger charge is 2.56. The van der Waals surface area contributed by atoms with Crippen LogP contribution in [0.2, 0.25) is 0 Å². The van der Waals surface area contributed by atoms with Crippen molar-refractivity contribution < 1.29 is 14.2 Å². The van der Waals surface area contributed by atoms with Gasteiger partial charge >= 0.3 is 0 Å². The lowest BCUT2D eigenvalue weighted by Crippen LogP contribution is -2.30. The van der Waals surface area contributed by atoms with E-state index >= 15 is 0 Å². The molecule has 2 heterocycles. The highest BCUT2D eigenvalue weighted by atomic mass is 16.8. The van der Waals surface area contributed by atoms with Crippen molar-refractivity contribution >= 4 is 0 Å². The van der Waals surface area contributed by atoms with Crippen LogP contribution in [0.1, 0.15) is 13.8 Å². The highest BCUT2D eigenvalue weighted by Crippen LogP contribution is 2.42. The van der Waals surface area contributed by atoms with Crippen molar-refractivity contribution in [3.8, 4) is 0 Å². The standard InChI is InChI=1S/C9H12O3/c1-9(2)11-6-4-3-5-7(10-5)8(6)12-9/h3-8H,1-2H3/t5-,6-,7-,8-/m0/s1. The Morgan fingerprint density at radius 2 is 1.75 bits per heavy atom. The van der Waals surface area contributed by atoms with Crippen LogP contribution in [0.25, 0.3) is 0 Å². The van der Waals surface area contributed by atoms with Crippen LogP contribution < -0.4 is 0 Å². The van der Waals surface area contributed by atoms with Crippen molar-refractivity contribution in [2.45, 2.75) is 44.1 Å². The zero-order valence-electron chi connectivity index (χ0n) is 7.19.